The third-order valence-electron chi connectivity index (χ3n) is 2.10. The van der Waals surface area contributed by atoms with Crippen LogP contribution in [0.3, 0.4) is 0 Å². The number of aromatic nitrogens is 3. The zero-order valence-electron chi connectivity index (χ0n) is 8.68. The highest BCUT2D eigenvalue weighted by Gasteiger charge is 2.03. The lowest BCUT2D eigenvalue weighted by Gasteiger charge is -2.02. The van der Waals surface area contributed by atoms with E-state index in [0.29, 0.717) is 13.0 Å². The molecule has 0 aliphatic carbocycles. The first-order valence-electron chi connectivity index (χ1n) is 4.98. The van der Waals surface area contributed by atoms with Gasteiger partial charge in [0.05, 0.1) is 25.0 Å². The predicted molar refractivity (Wildman–Crippen MR) is 58.4 cm³/mol. The highest BCUT2D eigenvalue weighted by atomic mass is 16.1. The van der Waals surface area contributed by atoms with Gasteiger partial charge in [-0.25, -0.2) is 4.98 Å². The van der Waals surface area contributed by atoms with E-state index < -0.39 is 0 Å². The van der Waals surface area contributed by atoms with Crippen LogP contribution in [0, 0.1) is 0 Å². The Balaban J connectivity index is 1.81. The van der Waals surface area contributed by atoms with E-state index in [0.717, 1.165) is 11.4 Å². The SMILES string of the molecule is O=C(Cc1ccccn1)NCc1cnc[nH]1. The third kappa shape index (κ3) is 2.91. The van der Waals surface area contributed by atoms with E-state index in [4.69, 9.17) is 0 Å². The van der Waals surface area contributed by atoms with Gasteiger partial charge in [-0.15, -0.1) is 0 Å². The molecule has 2 N–H and O–H groups in total. The lowest BCUT2D eigenvalue weighted by atomic mass is 10.2. The van der Waals surface area contributed by atoms with Crippen LogP contribution in [0.15, 0.2) is 36.9 Å². The van der Waals surface area contributed by atoms with Crippen LogP contribution in [0.1, 0.15) is 11.4 Å². The number of carbonyl (C=O) groups is 1. The van der Waals surface area contributed by atoms with E-state index in [1.54, 1.807) is 18.7 Å². The largest absolute Gasteiger partial charge is 0.350 e. The Morgan fingerprint density at radius 3 is 3.06 bits per heavy atom. The minimum Gasteiger partial charge on any atom is -0.350 e. The molecule has 0 saturated carbocycles. The number of aromatic amines is 1. The first-order valence-corrected chi connectivity index (χ1v) is 4.98. The Kier molecular flexibility index (Phi) is 3.28. The summed E-state index contributed by atoms with van der Waals surface area (Å²) in [6, 6.07) is 5.52. The molecule has 0 aliphatic heterocycles. The van der Waals surface area contributed by atoms with E-state index in [1.807, 2.05) is 18.2 Å². The standard InChI is InChI=1S/C11H12N4O/c16-11(5-9-3-1-2-4-13-9)14-7-10-6-12-8-15-10/h1-4,6,8H,5,7H2,(H,12,15)(H,14,16). The van der Waals surface area contributed by atoms with Gasteiger partial charge in [0.1, 0.15) is 0 Å². The number of nitrogens with one attached hydrogen (secondary N) is 2. The number of carbonyl (C=O) groups excluding carboxylic acids is 1. The Hall–Kier alpha value is -2.17. The van der Waals surface area contributed by atoms with Crippen molar-refractivity contribution in [2.45, 2.75) is 13.0 Å². The van der Waals surface area contributed by atoms with Crippen LogP contribution in [-0.4, -0.2) is 20.9 Å². The summed E-state index contributed by atoms with van der Waals surface area (Å²) in [5, 5.41) is 2.78. The minimum absolute atomic E-state index is 0.0479. The van der Waals surface area contributed by atoms with Crippen molar-refractivity contribution in [2.24, 2.45) is 0 Å². The summed E-state index contributed by atoms with van der Waals surface area (Å²) in [5.41, 5.74) is 1.65. The van der Waals surface area contributed by atoms with E-state index in [-0.39, 0.29) is 5.91 Å². The summed E-state index contributed by atoms with van der Waals surface area (Å²) < 4.78 is 0. The van der Waals surface area contributed by atoms with E-state index in [9.17, 15) is 4.79 Å². The van der Waals surface area contributed by atoms with Gasteiger partial charge in [0.15, 0.2) is 0 Å². The fraction of sp³-hybridized carbons (Fsp3) is 0.182. The van der Waals surface area contributed by atoms with Gasteiger partial charge in [0.25, 0.3) is 0 Å². The summed E-state index contributed by atoms with van der Waals surface area (Å²) in [5.74, 6) is -0.0479. The predicted octanol–water partition coefficient (Wildman–Crippen LogP) is 0.664. The zero-order chi connectivity index (χ0) is 11.2. The van der Waals surface area contributed by atoms with Crippen LogP contribution in [0.4, 0.5) is 0 Å². The molecule has 0 saturated heterocycles. The van der Waals surface area contributed by atoms with Crippen LogP contribution >= 0.6 is 0 Å². The first kappa shape index (κ1) is 10.4. The van der Waals surface area contributed by atoms with Crippen molar-refractivity contribution in [2.75, 3.05) is 0 Å². The summed E-state index contributed by atoms with van der Waals surface area (Å²) in [6.07, 6.45) is 5.24. The summed E-state index contributed by atoms with van der Waals surface area (Å²) in [4.78, 5) is 22.4. The molecule has 0 atom stereocenters. The Morgan fingerprint density at radius 2 is 2.38 bits per heavy atom. The van der Waals surface area contributed by atoms with Crippen LogP contribution in [0.2, 0.25) is 0 Å². The van der Waals surface area contributed by atoms with Gasteiger partial charge >= 0.3 is 0 Å². The van der Waals surface area contributed by atoms with Gasteiger partial charge in [-0.1, -0.05) is 6.07 Å². The van der Waals surface area contributed by atoms with Crippen molar-refractivity contribution < 1.29 is 4.79 Å². The number of amides is 1. The summed E-state index contributed by atoms with van der Waals surface area (Å²) in [6.45, 7) is 0.464. The van der Waals surface area contributed by atoms with E-state index >= 15 is 0 Å². The zero-order valence-corrected chi connectivity index (χ0v) is 8.68. The smallest absolute Gasteiger partial charge is 0.226 e. The molecule has 0 fully saturated rings. The fourth-order valence-electron chi connectivity index (χ4n) is 1.30. The molecule has 0 spiro atoms. The average molecular weight is 216 g/mol. The van der Waals surface area contributed by atoms with Gasteiger partial charge in [-0.3, -0.25) is 9.78 Å². The number of H-pyrrole nitrogens is 1. The number of hydrogen-bond acceptors (Lipinski definition) is 3. The van der Waals surface area contributed by atoms with E-state index in [2.05, 4.69) is 20.3 Å². The topological polar surface area (TPSA) is 70.7 Å². The molecule has 0 radical (unpaired) electrons. The van der Waals surface area contributed by atoms with Gasteiger partial charge in [0.2, 0.25) is 5.91 Å². The highest BCUT2D eigenvalue weighted by molar-refractivity contribution is 5.77. The van der Waals surface area contributed by atoms with Crippen LogP contribution in [0.5, 0.6) is 0 Å². The lowest BCUT2D eigenvalue weighted by Crippen LogP contribution is -2.25. The molecule has 82 valence electrons. The van der Waals surface area contributed by atoms with Gasteiger partial charge in [-0.2, -0.15) is 0 Å². The van der Waals surface area contributed by atoms with Crippen LogP contribution < -0.4 is 5.32 Å². The van der Waals surface area contributed by atoms with Gasteiger partial charge in [-0.05, 0) is 12.1 Å². The van der Waals surface area contributed by atoms with Crippen molar-refractivity contribution in [1.82, 2.24) is 20.3 Å². The van der Waals surface area contributed by atoms with Crippen molar-refractivity contribution in [3.8, 4) is 0 Å². The van der Waals surface area contributed by atoms with Crippen molar-refractivity contribution >= 4 is 5.91 Å². The van der Waals surface area contributed by atoms with Crippen LogP contribution in [-0.2, 0) is 17.8 Å². The summed E-state index contributed by atoms with van der Waals surface area (Å²) in [7, 11) is 0. The van der Waals surface area contributed by atoms with Crippen molar-refractivity contribution in [1.29, 1.82) is 0 Å². The monoisotopic (exact) mass is 216 g/mol. The second-order valence-corrected chi connectivity index (χ2v) is 3.35. The normalized spacial score (nSPS) is 10.0. The number of imidazole rings is 1. The maximum atomic E-state index is 11.5. The molecular weight excluding hydrogens is 204 g/mol. The molecule has 2 aromatic rings. The molecule has 16 heavy (non-hydrogen) atoms. The molecule has 5 heteroatoms. The molecule has 2 aromatic heterocycles. The van der Waals surface area contributed by atoms with Crippen molar-refractivity contribution in [3.63, 3.8) is 0 Å². The average Bonchev–Trinajstić information content (AvgIpc) is 2.81. The lowest BCUT2D eigenvalue weighted by molar-refractivity contribution is -0.120. The van der Waals surface area contributed by atoms with Crippen molar-refractivity contribution in [3.05, 3.63) is 48.3 Å². The number of pyridine rings is 1. The molecule has 5 nitrogen and oxygen atoms in total. The highest BCUT2D eigenvalue weighted by Crippen LogP contribution is 1.95. The summed E-state index contributed by atoms with van der Waals surface area (Å²) >= 11 is 0. The molecule has 0 unspecified atom stereocenters. The molecule has 1 amide bonds. The molecule has 2 heterocycles. The number of hydrogen-bond donors (Lipinski definition) is 2. The second kappa shape index (κ2) is 5.06. The maximum absolute atomic E-state index is 11.5. The second-order valence-electron chi connectivity index (χ2n) is 3.35. The molecular formula is C11H12N4O. The minimum atomic E-state index is -0.0479. The molecule has 0 aromatic carbocycles. The maximum Gasteiger partial charge on any atom is 0.226 e. The number of rotatable bonds is 4. The van der Waals surface area contributed by atoms with Gasteiger partial charge in [0, 0.05) is 18.1 Å². The van der Waals surface area contributed by atoms with Crippen LogP contribution in [0.25, 0.3) is 0 Å². The van der Waals surface area contributed by atoms with E-state index in [1.165, 1.54) is 0 Å². The molecule has 2 rings (SSSR count). The molecule has 0 bridgehead atoms. The fourth-order valence-corrected chi connectivity index (χ4v) is 1.30. The molecule has 0 aliphatic rings. The Morgan fingerprint density at radius 1 is 1.44 bits per heavy atom. The quantitative estimate of drug-likeness (QED) is 0.788. The third-order valence-corrected chi connectivity index (χ3v) is 2.10. The van der Waals surface area contributed by atoms with Gasteiger partial charge < -0.3 is 10.3 Å². The Labute approximate surface area is 92.9 Å². The first-order chi connectivity index (χ1) is 7.84. The number of nitrogens with zero attached hydrogens (tertiary/aromatic N) is 2. The Bertz CT molecular complexity index is 438.